The molecule has 0 saturated carbocycles. The van der Waals surface area contributed by atoms with Crippen LogP contribution in [0.5, 0.6) is 5.75 Å². The van der Waals surface area contributed by atoms with Crippen molar-refractivity contribution in [3.63, 3.8) is 0 Å². The third kappa shape index (κ3) is 3.48. The van der Waals surface area contributed by atoms with Crippen molar-refractivity contribution in [2.45, 2.75) is 12.8 Å². The summed E-state index contributed by atoms with van der Waals surface area (Å²) in [6.07, 6.45) is 0.822. The third-order valence-electron chi connectivity index (χ3n) is 1.65. The van der Waals surface area contributed by atoms with Gasteiger partial charge >= 0.3 is 0 Å². The minimum Gasteiger partial charge on any atom is -0.490 e. The number of halogens is 3. The second kappa shape index (κ2) is 5.66. The molecule has 5 heteroatoms. The first-order valence-electron chi connectivity index (χ1n) is 4.29. The van der Waals surface area contributed by atoms with Crippen molar-refractivity contribution < 1.29 is 13.5 Å². The second-order valence-corrected chi connectivity index (χ2v) is 3.73. The molecular weight excluding hydrogens is 268 g/mol. The van der Waals surface area contributed by atoms with E-state index in [4.69, 9.17) is 10.00 Å². The fourth-order valence-corrected chi connectivity index (χ4v) is 1.38. The van der Waals surface area contributed by atoms with E-state index in [1.54, 1.807) is 0 Å². The molecule has 0 spiro atoms. The number of rotatable bonds is 4. The molecule has 1 rings (SSSR count). The quantitative estimate of drug-likeness (QED) is 0.623. The SMILES string of the molecule is N#CCCCOc1cc(Br)cc(F)c1F. The molecule has 1 aromatic carbocycles. The molecule has 2 nitrogen and oxygen atoms in total. The summed E-state index contributed by atoms with van der Waals surface area (Å²) < 4.78 is 31.4. The second-order valence-electron chi connectivity index (χ2n) is 2.81. The first kappa shape index (κ1) is 11.9. The predicted molar refractivity (Wildman–Crippen MR) is 54.4 cm³/mol. The molecule has 0 radical (unpaired) electrons. The zero-order valence-electron chi connectivity index (χ0n) is 7.77. The molecule has 80 valence electrons. The van der Waals surface area contributed by atoms with Crippen molar-refractivity contribution in [3.05, 3.63) is 28.2 Å². The maximum atomic E-state index is 13.1. The summed E-state index contributed by atoms with van der Waals surface area (Å²) in [5, 5.41) is 8.26. The molecule has 0 fully saturated rings. The molecule has 0 aliphatic rings. The van der Waals surface area contributed by atoms with Crippen LogP contribution in [-0.4, -0.2) is 6.61 Å². The Kier molecular flexibility index (Phi) is 4.50. The minimum atomic E-state index is -1.00. The van der Waals surface area contributed by atoms with E-state index in [1.807, 2.05) is 6.07 Å². The molecule has 0 unspecified atom stereocenters. The van der Waals surface area contributed by atoms with Gasteiger partial charge in [0.25, 0.3) is 0 Å². The van der Waals surface area contributed by atoms with Crippen LogP contribution in [0.15, 0.2) is 16.6 Å². The van der Waals surface area contributed by atoms with Crippen LogP contribution in [-0.2, 0) is 0 Å². The molecule has 1 aromatic rings. The first-order valence-corrected chi connectivity index (χ1v) is 5.08. The zero-order chi connectivity index (χ0) is 11.3. The molecular formula is C10H8BrF2NO. The lowest BCUT2D eigenvalue weighted by Gasteiger charge is -2.06. The summed E-state index contributed by atoms with van der Waals surface area (Å²) >= 11 is 3.03. The van der Waals surface area contributed by atoms with Crippen LogP contribution < -0.4 is 4.74 Å². The maximum Gasteiger partial charge on any atom is 0.200 e. The Morgan fingerprint density at radius 1 is 1.40 bits per heavy atom. The maximum absolute atomic E-state index is 13.1. The third-order valence-corrected chi connectivity index (χ3v) is 2.11. The number of hydrogen-bond donors (Lipinski definition) is 0. The van der Waals surface area contributed by atoms with Crippen molar-refractivity contribution in [3.8, 4) is 11.8 Å². The molecule has 0 atom stereocenters. The smallest absolute Gasteiger partial charge is 0.200 e. The first-order chi connectivity index (χ1) is 7.15. The Morgan fingerprint density at radius 3 is 2.80 bits per heavy atom. The van der Waals surface area contributed by atoms with Gasteiger partial charge in [0, 0.05) is 10.9 Å². The lowest BCUT2D eigenvalue weighted by molar-refractivity contribution is 0.291. The van der Waals surface area contributed by atoms with Crippen LogP contribution in [0.4, 0.5) is 8.78 Å². The standard InChI is InChI=1S/C10H8BrF2NO/c11-7-5-8(12)10(13)9(6-7)15-4-2-1-3-14/h5-6H,1-2,4H2. The number of hydrogen-bond acceptors (Lipinski definition) is 2. The van der Waals surface area contributed by atoms with Crippen molar-refractivity contribution in [2.75, 3.05) is 6.61 Å². The van der Waals surface area contributed by atoms with Crippen molar-refractivity contribution in [2.24, 2.45) is 0 Å². The number of benzene rings is 1. The average molecular weight is 276 g/mol. The van der Waals surface area contributed by atoms with E-state index in [9.17, 15) is 8.78 Å². The molecule has 0 saturated heterocycles. The van der Waals surface area contributed by atoms with Gasteiger partial charge in [-0.1, -0.05) is 15.9 Å². The highest BCUT2D eigenvalue weighted by Gasteiger charge is 2.10. The molecule has 0 amide bonds. The van der Waals surface area contributed by atoms with E-state index in [-0.39, 0.29) is 12.4 Å². The van der Waals surface area contributed by atoms with Crippen molar-refractivity contribution >= 4 is 15.9 Å². The van der Waals surface area contributed by atoms with Crippen LogP contribution in [0.1, 0.15) is 12.8 Å². The molecule has 0 heterocycles. The van der Waals surface area contributed by atoms with Gasteiger partial charge < -0.3 is 4.74 Å². The summed E-state index contributed by atoms with van der Waals surface area (Å²) in [4.78, 5) is 0. The number of nitrogens with zero attached hydrogens (tertiary/aromatic N) is 1. The Bertz CT molecular complexity index is 390. The van der Waals surface area contributed by atoms with Crippen molar-refractivity contribution in [1.29, 1.82) is 5.26 Å². The topological polar surface area (TPSA) is 33.0 Å². The van der Waals surface area contributed by atoms with Gasteiger partial charge in [-0.3, -0.25) is 0 Å². The van der Waals surface area contributed by atoms with E-state index >= 15 is 0 Å². The highest BCUT2D eigenvalue weighted by atomic mass is 79.9. The summed E-state index contributed by atoms with van der Waals surface area (Å²) in [7, 11) is 0. The summed E-state index contributed by atoms with van der Waals surface area (Å²) in [6.45, 7) is 0.195. The van der Waals surface area contributed by atoms with Gasteiger partial charge in [-0.15, -0.1) is 0 Å². The number of nitriles is 1. The minimum absolute atomic E-state index is 0.139. The van der Waals surface area contributed by atoms with E-state index in [0.717, 1.165) is 6.07 Å². The molecule has 0 N–H and O–H groups in total. The lowest BCUT2D eigenvalue weighted by Crippen LogP contribution is -2.00. The van der Waals surface area contributed by atoms with Crippen molar-refractivity contribution in [1.82, 2.24) is 0 Å². The monoisotopic (exact) mass is 275 g/mol. The van der Waals surface area contributed by atoms with Crippen LogP contribution in [0.3, 0.4) is 0 Å². The van der Waals surface area contributed by atoms with Gasteiger partial charge in [-0.2, -0.15) is 9.65 Å². The fourth-order valence-electron chi connectivity index (χ4n) is 0.971. The van der Waals surface area contributed by atoms with Crippen LogP contribution in [0.25, 0.3) is 0 Å². The Labute approximate surface area is 94.6 Å². The van der Waals surface area contributed by atoms with E-state index in [2.05, 4.69) is 15.9 Å². The van der Waals surface area contributed by atoms with E-state index < -0.39 is 11.6 Å². The van der Waals surface area contributed by atoms with Gasteiger partial charge in [-0.05, 0) is 18.6 Å². The number of ether oxygens (including phenoxy) is 1. The zero-order valence-corrected chi connectivity index (χ0v) is 9.35. The summed E-state index contributed by atoms with van der Waals surface area (Å²) in [6, 6.07) is 4.31. The average Bonchev–Trinajstić information content (AvgIpc) is 2.19. The van der Waals surface area contributed by atoms with Gasteiger partial charge in [0.2, 0.25) is 5.82 Å². The fraction of sp³-hybridized carbons (Fsp3) is 0.300. The largest absolute Gasteiger partial charge is 0.490 e. The highest BCUT2D eigenvalue weighted by molar-refractivity contribution is 9.10. The Hall–Kier alpha value is -1.15. The Balaban J connectivity index is 2.65. The molecule has 0 bridgehead atoms. The normalized spacial score (nSPS) is 9.73. The summed E-state index contributed by atoms with van der Waals surface area (Å²) in [5.74, 6) is -2.10. The van der Waals surface area contributed by atoms with Gasteiger partial charge in [0.1, 0.15) is 0 Å². The molecule has 0 aliphatic heterocycles. The molecule has 0 aliphatic carbocycles. The highest BCUT2D eigenvalue weighted by Crippen LogP contribution is 2.25. The molecule has 15 heavy (non-hydrogen) atoms. The number of unbranched alkanes of at least 4 members (excludes halogenated alkanes) is 1. The van der Waals surface area contributed by atoms with E-state index in [1.165, 1.54) is 6.07 Å². The lowest BCUT2D eigenvalue weighted by atomic mass is 10.3. The van der Waals surface area contributed by atoms with E-state index in [0.29, 0.717) is 17.3 Å². The van der Waals surface area contributed by atoms with Crippen LogP contribution in [0.2, 0.25) is 0 Å². The van der Waals surface area contributed by atoms with Gasteiger partial charge in [0.15, 0.2) is 11.6 Å². The predicted octanol–water partition coefficient (Wildman–Crippen LogP) is 3.41. The van der Waals surface area contributed by atoms with Gasteiger partial charge in [0.05, 0.1) is 12.7 Å². The Morgan fingerprint density at radius 2 is 2.13 bits per heavy atom. The van der Waals surface area contributed by atoms with Crippen LogP contribution in [0, 0.1) is 23.0 Å². The summed E-state index contributed by atoms with van der Waals surface area (Å²) in [5.41, 5.74) is 0. The molecule has 0 aromatic heterocycles. The van der Waals surface area contributed by atoms with Crippen LogP contribution >= 0.6 is 15.9 Å². The van der Waals surface area contributed by atoms with Gasteiger partial charge in [-0.25, -0.2) is 4.39 Å².